The Morgan fingerprint density at radius 3 is 2.45 bits per heavy atom. The van der Waals surface area contributed by atoms with Crippen LogP contribution >= 0.6 is 0 Å². The average molecular weight is 450 g/mol. The first-order chi connectivity index (χ1) is 16.1. The maximum atomic E-state index is 13.3. The summed E-state index contributed by atoms with van der Waals surface area (Å²) in [6.07, 6.45) is 1.61. The molecule has 0 radical (unpaired) electrons. The summed E-state index contributed by atoms with van der Waals surface area (Å²) in [6.45, 7) is 5.35. The molecule has 1 aliphatic rings. The molecule has 1 aromatic heterocycles. The summed E-state index contributed by atoms with van der Waals surface area (Å²) in [6, 6.07) is 13.2. The fraction of sp³-hybridized carbons (Fsp3) is 0.304. The SMILES string of the molecule is COc1ccc(-c2[nH]n(-c3ccc([N+](=O)[O-])cc3)c(=O)c2C=NCCN2CCNCC2)cc1. The van der Waals surface area contributed by atoms with Crippen molar-refractivity contribution in [3.05, 3.63) is 74.6 Å². The van der Waals surface area contributed by atoms with E-state index in [9.17, 15) is 14.9 Å². The van der Waals surface area contributed by atoms with E-state index in [1.165, 1.54) is 16.8 Å². The number of nitrogens with zero attached hydrogens (tertiary/aromatic N) is 4. The zero-order valence-electron chi connectivity index (χ0n) is 18.4. The lowest BCUT2D eigenvalue weighted by Crippen LogP contribution is -2.44. The Morgan fingerprint density at radius 2 is 1.82 bits per heavy atom. The van der Waals surface area contributed by atoms with E-state index in [1.54, 1.807) is 25.5 Å². The molecule has 1 saturated heterocycles. The third-order valence-corrected chi connectivity index (χ3v) is 5.60. The molecular formula is C23H26N6O4. The van der Waals surface area contributed by atoms with Gasteiger partial charge in [0.1, 0.15) is 5.75 Å². The van der Waals surface area contributed by atoms with Gasteiger partial charge in [-0.05, 0) is 36.4 Å². The summed E-state index contributed by atoms with van der Waals surface area (Å²) >= 11 is 0. The minimum absolute atomic E-state index is 0.0385. The van der Waals surface area contributed by atoms with Crippen LogP contribution in [-0.4, -0.2) is 72.2 Å². The molecule has 0 bridgehead atoms. The molecular weight excluding hydrogens is 424 g/mol. The summed E-state index contributed by atoms with van der Waals surface area (Å²) in [5.74, 6) is 0.710. The van der Waals surface area contributed by atoms with Gasteiger partial charge in [-0.2, -0.15) is 0 Å². The number of aromatic nitrogens is 2. The van der Waals surface area contributed by atoms with Crippen molar-refractivity contribution >= 4 is 11.9 Å². The summed E-state index contributed by atoms with van der Waals surface area (Å²) in [5.41, 5.74) is 2.03. The first-order valence-corrected chi connectivity index (χ1v) is 10.7. The average Bonchev–Trinajstić information content (AvgIpc) is 3.18. The quantitative estimate of drug-likeness (QED) is 0.308. The van der Waals surface area contributed by atoms with Gasteiger partial charge in [0.15, 0.2) is 0 Å². The Balaban J connectivity index is 1.65. The second kappa shape index (κ2) is 10.2. The Hall–Kier alpha value is -3.76. The number of H-pyrrole nitrogens is 1. The number of benzene rings is 2. The van der Waals surface area contributed by atoms with Crippen LogP contribution in [0.5, 0.6) is 5.75 Å². The second-order valence-corrected chi connectivity index (χ2v) is 7.67. The van der Waals surface area contributed by atoms with Gasteiger partial charge < -0.3 is 10.1 Å². The topological polar surface area (TPSA) is 118 Å². The molecule has 0 amide bonds. The lowest BCUT2D eigenvalue weighted by atomic mass is 10.1. The number of non-ortho nitro benzene ring substituents is 1. The number of piperazine rings is 1. The summed E-state index contributed by atoms with van der Waals surface area (Å²) in [4.78, 5) is 30.6. The van der Waals surface area contributed by atoms with Gasteiger partial charge in [-0.15, -0.1) is 0 Å². The first kappa shape index (κ1) is 22.4. The van der Waals surface area contributed by atoms with E-state index in [0.717, 1.165) is 38.3 Å². The van der Waals surface area contributed by atoms with Crippen molar-refractivity contribution in [1.29, 1.82) is 0 Å². The Morgan fingerprint density at radius 1 is 1.12 bits per heavy atom. The number of nitro benzene ring substituents is 1. The number of methoxy groups -OCH3 is 1. The smallest absolute Gasteiger partial charge is 0.280 e. The summed E-state index contributed by atoms with van der Waals surface area (Å²) in [7, 11) is 1.60. The lowest BCUT2D eigenvalue weighted by molar-refractivity contribution is -0.384. The summed E-state index contributed by atoms with van der Waals surface area (Å²) < 4.78 is 6.61. The number of nitro groups is 1. The Bertz CT molecular complexity index is 1180. The van der Waals surface area contributed by atoms with Crippen molar-refractivity contribution in [3.8, 4) is 22.7 Å². The molecule has 10 heteroatoms. The van der Waals surface area contributed by atoms with Crippen molar-refractivity contribution in [1.82, 2.24) is 20.0 Å². The van der Waals surface area contributed by atoms with Crippen LogP contribution in [0.4, 0.5) is 5.69 Å². The highest BCUT2D eigenvalue weighted by Gasteiger charge is 2.17. The van der Waals surface area contributed by atoms with Crippen molar-refractivity contribution in [3.63, 3.8) is 0 Å². The molecule has 2 N–H and O–H groups in total. The molecule has 0 saturated carbocycles. The van der Waals surface area contributed by atoms with Crippen LogP contribution in [-0.2, 0) is 0 Å². The van der Waals surface area contributed by atoms with Crippen LogP contribution in [0.2, 0.25) is 0 Å². The van der Waals surface area contributed by atoms with Gasteiger partial charge in [0, 0.05) is 56.6 Å². The second-order valence-electron chi connectivity index (χ2n) is 7.67. The number of rotatable bonds is 8. The fourth-order valence-corrected chi connectivity index (χ4v) is 3.74. The van der Waals surface area contributed by atoms with Gasteiger partial charge >= 0.3 is 0 Å². The number of hydrogen-bond donors (Lipinski definition) is 2. The lowest BCUT2D eigenvalue weighted by Gasteiger charge is -2.26. The maximum Gasteiger partial charge on any atom is 0.280 e. The van der Waals surface area contributed by atoms with Gasteiger partial charge in [-0.3, -0.25) is 29.9 Å². The van der Waals surface area contributed by atoms with Crippen molar-refractivity contribution in [2.75, 3.05) is 46.4 Å². The number of aliphatic imine (C=N–C) groups is 1. The van der Waals surface area contributed by atoms with Crippen LogP contribution in [0.25, 0.3) is 16.9 Å². The molecule has 2 heterocycles. The predicted octanol–water partition coefficient (Wildman–Crippen LogP) is 2.07. The number of nitrogens with one attached hydrogen (secondary N) is 2. The molecule has 3 aromatic rings. The number of hydrogen-bond acceptors (Lipinski definition) is 7. The molecule has 1 fully saturated rings. The third-order valence-electron chi connectivity index (χ3n) is 5.60. The third kappa shape index (κ3) is 5.18. The van der Waals surface area contributed by atoms with Gasteiger partial charge in [-0.25, -0.2) is 4.68 Å². The fourth-order valence-electron chi connectivity index (χ4n) is 3.74. The number of aromatic amines is 1. The molecule has 1 aliphatic heterocycles. The zero-order chi connectivity index (χ0) is 23.2. The highest BCUT2D eigenvalue weighted by molar-refractivity contribution is 5.88. The van der Waals surface area contributed by atoms with Crippen LogP contribution < -0.4 is 15.6 Å². The molecule has 0 atom stereocenters. The van der Waals surface area contributed by atoms with Gasteiger partial charge in [0.2, 0.25) is 0 Å². The minimum Gasteiger partial charge on any atom is -0.497 e. The monoisotopic (exact) mass is 450 g/mol. The highest BCUT2D eigenvalue weighted by atomic mass is 16.6. The Kier molecular flexibility index (Phi) is 6.96. The van der Waals surface area contributed by atoms with Gasteiger partial charge in [0.05, 0.1) is 35.5 Å². The van der Waals surface area contributed by atoms with Crippen molar-refractivity contribution < 1.29 is 9.66 Å². The zero-order valence-corrected chi connectivity index (χ0v) is 18.4. The largest absolute Gasteiger partial charge is 0.497 e. The standard InChI is InChI=1S/C23H26N6O4/c1-33-20-8-2-17(3-9-20)22-21(16-25-12-15-27-13-10-24-11-14-27)23(30)28(26-22)18-4-6-19(7-5-18)29(31)32/h2-9,16,24,26H,10-15H2,1H3. The molecule has 2 aromatic carbocycles. The van der Waals surface area contributed by atoms with Gasteiger partial charge in [-0.1, -0.05) is 0 Å². The van der Waals surface area contributed by atoms with Crippen LogP contribution in [0, 0.1) is 10.1 Å². The van der Waals surface area contributed by atoms with E-state index in [-0.39, 0.29) is 11.2 Å². The van der Waals surface area contributed by atoms with E-state index < -0.39 is 4.92 Å². The normalized spacial score (nSPS) is 14.6. The van der Waals surface area contributed by atoms with E-state index in [0.29, 0.717) is 29.2 Å². The number of ether oxygens (including phenoxy) is 1. The van der Waals surface area contributed by atoms with Crippen molar-refractivity contribution in [2.24, 2.45) is 4.99 Å². The minimum atomic E-state index is -0.472. The molecule has 0 unspecified atom stereocenters. The van der Waals surface area contributed by atoms with Crippen LogP contribution in [0.3, 0.4) is 0 Å². The Labute approximate surface area is 190 Å². The molecule has 0 aliphatic carbocycles. The van der Waals surface area contributed by atoms with Crippen LogP contribution in [0.15, 0.2) is 58.3 Å². The molecule has 4 rings (SSSR count). The van der Waals surface area contributed by atoms with Crippen LogP contribution in [0.1, 0.15) is 5.56 Å². The van der Waals surface area contributed by atoms with Gasteiger partial charge in [0.25, 0.3) is 11.2 Å². The van der Waals surface area contributed by atoms with E-state index >= 15 is 0 Å². The molecule has 172 valence electrons. The molecule has 33 heavy (non-hydrogen) atoms. The first-order valence-electron chi connectivity index (χ1n) is 10.7. The molecule has 10 nitrogen and oxygen atoms in total. The highest BCUT2D eigenvalue weighted by Crippen LogP contribution is 2.23. The summed E-state index contributed by atoms with van der Waals surface area (Å²) in [5, 5.41) is 17.4. The van der Waals surface area contributed by atoms with E-state index in [1.807, 2.05) is 24.3 Å². The maximum absolute atomic E-state index is 13.3. The van der Waals surface area contributed by atoms with Crippen molar-refractivity contribution in [2.45, 2.75) is 0 Å². The predicted molar refractivity (Wildman–Crippen MR) is 127 cm³/mol. The van der Waals surface area contributed by atoms with E-state index in [4.69, 9.17) is 4.74 Å². The molecule has 0 spiro atoms. The van der Waals surface area contributed by atoms with E-state index in [2.05, 4.69) is 20.3 Å².